The lowest BCUT2D eigenvalue weighted by molar-refractivity contribution is 0.0529. The summed E-state index contributed by atoms with van der Waals surface area (Å²) in [6.45, 7) is 2.43. The Morgan fingerprint density at radius 1 is 1.22 bits per heavy atom. The molecule has 0 aliphatic rings. The number of thiophene rings is 1. The van der Waals surface area contributed by atoms with E-state index < -0.39 is 0 Å². The van der Waals surface area contributed by atoms with Crippen molar-refractivity contribution in [2.24, 2.45) is 0 Å². The fourth-order valence-corrected chi connectivity index (χ4v) is 3.02. The third-order valence-electron chi connectivity index (χ3n) is 2.58. The second kappa shape index (κ2) is 6.27. The molecule has 1 aromatic heterocycles. The highest BCUT2D eigenvalue weighted by Crippen LogP contribution is 2.30. The fourth-order valence-electron chi connectivity index (χ4n) is 1.56. The molecule has 0 fully saturated rings. The van der Waals surface area contributed by atoms with Gasteiger partial charge in [0.1, 0.15) is 0 Å². The Balaban J connectivity index is 2.03. The number of halogens is 3. The van der Waals surface area contributed by atoms with Crippen molar-refractivity contribution in [2.45, 2.75) is 19.6 Å². The van der Waals surface area contributed by atoms with Crippen LogP contribution in [0.5, 0.6) is 0 Å². The molecule has 0 spiro atoms. The number of hydrogen-bond donors (Lipinski definition) is 0. The Morgan fingerprint density at radius 2 is 2.00 bits per heavy atom. The average Bonchev–Trinajstić information content (AvgIpc) is 2.72. The molecule has 1 heterocycles. The minimum atomic E-state index is -0.106. The van der Waals surface area contributed by atoms with Gasteiger partial charge >= 0.3 is 0 Å². The van der Waals surface area contributed by atoms with E-state index >= 15 is 0 Å². The highest BCUT2D eigenvalue weighted by atomic mass is 35.5. The normalized spacial score (nSPS) is 12.7. The van der Waals surface area contributed by atoms with Crippen LogP contribution in [0.4, 0.5) is 0 Å². The molecule has 5 heteroatoms. The Kier molecular flexibility index (Phi) is 4.93. The zero-order valence-electron chi connectivity index (χ0n) is 9.62. The minimum absolute atomic E-state index is 0.106. The molecule has 1 unspecified atom stereocenters. The van der Waals surface area contributed by atoms with Gasteiger partial charge in [0.2, 0.25) is 0 Å². The second-order valence-electron chi connectivity index (χ2n) is 3.84. The maximum Gasteiger partial charge on any atom is 0.0983 e. The lowest BCUT2D eigenvalue weighted by Crippen LogP contribution is -2.01. The Hall–Kier alpha value is -0.250. The summed E-state index contributed by atoms with van der Waals surface area (Å²) in [6, 6.07) is 7.36. The largest absolute Gasteiger partial charge is 0.369 e. The predicted molar refractivity (Wildman–Crippen MR) is 79.0 cm³/mol. The number of hydrogen-bond acceptors (Lipinski definition) is 2. The highest BCUT2D eigenvalue weighted by Gasteiger charge is 2.12. The van der Waals surface area contributed by atoms with Crippen molar-refractivity contribution in [2.75, 3.05) is 0 Å². The van der Waals surface area contributed by atoms with Crippen molar-refractivity contribution in [3.05, 3.63) is 55.2 Å². The first kappa shape index (κ1) is 14.2. The molecule has 1 aromatic carbocycles. The first-order chi connectivity index (χ1) is 8.58. The molecule has 96 valence electrons. The molecule has 0 aliphatic carbocycles. The summed E-state index contributed by atoms with van der Waals surface area (Å²) >= 11 is 19.5. The summed E-state index contributed by atoms with van der Waals surface area (Å²) in [5.74, 6) is 0. The molecule has 0 aliphatic heterocycles. The van der Waals surface area contributed by atoms with Crippen LogP contribution in [0.1, 0.15) is 24.2 Å². The van der Waals surface area contributed by atoms with Gasteiger partial charge < -0.3 is 4.74 Å². The Labute approximate surface area is 125 Å². The van der Waals surface area contributed by atoms with Gasteiger partial charge in [-0.3, -0.25) is 0 Å². The van der Waals surface area contributed by atoms with E-state index in [1.54, 1.807) is 12.1 Å². The maximum absolute atomic E-state index is 6.13. The molecule has 0 amide bonds. The van der Waals surface area contributed by atoms with Gasteiger partial charge in [-0.1, -0.05) is 40.9 Å². The summed E-state index contributed by atoms with van der Waals surface area (Å²) in [5.41, 5.74) is 1.92. The summed E-state index contributed by atoms with van der Waals surface area (Å²) in [6.07, 6.45) is -0.106. The molecule has 18 heavy (non-hydrogen) atoms. The van der Waals surface area contributed by atoms with Crippen molar-refractivity contribution in [3.8, 4) is 0 Å². The number of ether oxygens (including phenoxy) is 1. The third kappa shape index (κ3) is 3.40. The van der Waals surface area contributed by atoms with Crippen molar-refractivity contribution < 1.29 is 4.74 Å². The molecule has 2 rings (SSSR count). The van der Waals surface area contributed by atoms with E-state index in [0.717, 1.165) is 15.5 Å². The summed E-state index contributed by atoms with van der Waals surface area (Å²) in [5, 5.41) is 3.18. The Morgan fingerprint density at radius 3 is 2.61 bits per heavy atom. The van der Waals surface area contributed by atoms with Crippen molar-refractivity contribution in [3.63, 3.8) is 0 Å². The van der Waals surface area contributed by atoms with E-state index in [1.807, 2.05) is 24.4 Å². The van der Waals surface area contributed by atoms with Gasteiger partial charge in [0.25, 0.3) is 0 Å². The van der Waals surface area contributed by atoms with Crippen LogP contribution < -0.4 is 0 Å². The third-order valence-corrected chi connectivity index (χ3v) is 4.40. The van der Waals surface area contributed by atoms with Crippen LogP contribution in [0.3, 0.4) is 0 Å². The van der Waals surface area contributed by atoms with E-state index in [2.05, 4.69) is 0 Å². The SMILES string of the molecule is CC(OCc1ccsc1Cl)c1ccc(Cl)cc1Cl. The van der Waals surface area contributed by atoms with E-state index in [-0.39, 0.29) is 6.10 Å². The molecule has 0 saturated carbocycles. The van der Waals surface area contributed by atoms with E-state index in [0.29, 0.717) is 16.7 Å². The average molecular weight is 322 g/mol. The van der Waals surface area contributed by atoms with Crippen LogP contribution in [-0.2, 0) is 11.3 Å². The first-order valence-corrected chi connectivity index (χ1v) is 7.37. The summed E-state index contributed by atoms with van der Waals surface area (Å²) < 4.78 is 6.54. The van der Waals surface area contributed by atoms with E-state index in [1.165, 1.54) is 11.3 Å². The molecule has 0 bridgehead atoms. The number of benzene rings is 1. The highest BCUT2D eigenvalue weighted by molar-refractivity contribution is 7.14. The van der Waals surface area contributed by atoms with Crippen LogP contribution in [0.2, 0.25) is 14.4 Å². The topological polar surface area (TPSA) is 9.23 Å². The monoisotopic (exact) mass is 320 g/mol. The van der Waals surface area contributed by atoms with Gasteiger partial charge in [-0.2, -0.15) is 0 Å². The molecule has 0 saturated heterocycles. The van der Waals surface area contributed by atoms with Crippen molar-refractivity contribution in [1.82, 2.24) is 0 Å². The predicted octanol–water partition coefficient (Wildman–Crippen LogP) is 5.99. The molecule has 2 aromatic rings. The summed E-state index contributed by atoms with van der Waals surface area (Å²) in [7, 11) is 0. The zero-order chi connectivity index (χ0) is 13.1. The molecular weight excluding hydrogens is 311 g/mol. The molecule has 1 atom stereocenters. The molecule has 0 radical (unpaired) electrons. The van der Waals surface area contributed by atoms with Gasteiger partial charge in [0.05, 0.1) is 17.0 Å². The van der Waals surface area contributed by atoms with Gasteiger partial charge in [-0.15, -0.1) is 11.3 Å². The Bertz CT molecular complexity index is 539. The van der Waals surface area contributed by atoms with Crippen molar-refractivity contribution in [1.29, 1.82) is 0 Å². The van der Waals surface area contributed by atoms with E-state index in [4.69, 9.17) is 39.5 Å². The van der Waals surface area contributed by atoms with Gasteiger partial charge in [0, 0.05) is 15.6 Å². The second-order valence-corrected chi connectivity index (χ2v) is 6.20. The summed E-state index contributed by atoms with van der Waals surface area (Å²) in [4.78, 5) is 0. The smallest absolute Gasteiger partial charge is 0.0983 e. The standard InChI is InChI=1S/C13H11Cl3OS/c1-8(11-3-2-10(14)6-12(11)15)17-7-9-4-5-18-13(9)16/h2-6,8H,7H2,1H3. The van der Waals surface area contributed by atoms with Crippen LogP contribution in [-0.4, -0.2) is 0 Å². The van der Waals surface area contributed by atoms with E-state index in [9.17, 15) is 0 Å². The number of rotatable bonds is 4. The van der Waals surface area contributed by atoms with Gasteiger partial charge in [0.15, 0.2) is 0 Å². The van der Waals surface area contributed by atoms with Crippen LogP contribution in [0.25, 0.3) is 0 Å². The minimum Gasteiger partial charge on any atom is -0.369 e. The zero-order valence-corrected chi connectivity index (χ0v) is 12.7. The first-order valence-electron chi connectivity index (χ1n) is 5.36. The maximum atomic E-state index is 6.13. The lowest BCUT2D eigenvalue weighted by Gasteiger charge is -2.15. The lowest BCUT2D eigenvalue weighted by atomic mass is 10.1. The molecule has 1 nitrogen and oxygen atoms in total. The van der Waals surface area contributed by atoms with Gasteiger partial charge in [-0.05, 0) is 36.1 Å². The molecular formula is C13H11Cl3OS. The van der Waals surface area contributed by atoms with Crippen molar-refractivity contribution >= 4 is 46.1 Å². The quantitative estimate of drug-likeness (QED) is 0.672. The van der Waals surface area contributed by atoms with Crippen LogP contribution >= 0.6 is 46.1 Å². The van der Waals surface area contributed by atoms with Gasteiger partial charge in [-0.25, -0.2) is 0 Å². The molecule has 0 N–H and O–H groups in total. The van der Waals surface area contributed by atoms with Crippen LogP contribution in [0, 0.1) is 0 Å². The fraction of sp³-hybridized carbons (Fsp3) is 0.231. The van der Waals surface area contributed by atoms with Crippen LogP contribution in [0.15, 0.2) is 29.6 Å².